The number of para-hydroxylation sites is 1. The van der Waals surface area contributed by atoms with Gasteiger partial charge in [0.15, 0.2) is 0 Å². The van der Waals surface area contributed by atoms with Gasteiger partial charge >= 0.3 is 6.03 Å². The van der Waals surface area contributed by atoms with Crippen LogP contribution in [0.15, 0.2) is 42.5 Å². The summed E-state index contributed by atoms with van der Waals surface area (Å²) in [5, 5.41) is 3.06. The molecule has 28 heavy (non-hydrogen) atoms. The number of rotatable bonds is 3. The number of methoxy groups -OCH3 is 1. The molecule has 1 saturated heterocycles. The lowest BCUT2D eigenvalue weighted by Gasteiger charge is -2.37. The number of piperazine rings is 1. The van der Waals surface area contributed by atoms with Crippen LogP contribution in [0.25, 0.3) is 0 Å². The van der Waals surface area contributed by atoms with Gasteiger partial charge in [-0.05, 0) is 42.3 Å². The molecule has 1 N–H and O–H groups in total. The van der Waals surface area contributed by atoms with Crippen LogP contribution in [0.4, 0.5) is 14.9 Å². The number of anilines is 1. The van der Waals surface area contributed by atoms with E-state index in [0.717, 1.165) is 17.1 Å². The predicted octanol–water partition coefficient (Wildman–Crippen LogP) is 2.67. The van der Waals surface area contributed by atoms with E-state index in [-0.39, 0.29) is 17.9 Å². The molecule has 1 fully saturated rings. The molecule has 0 unspecified atom stereocenters. The van der Waals surface area contributed by atoms with Gasteiger partial charge in [-0.15, -0.1) is 0 Å². The van der Waals surface area contributed by atoms with Crippen molar-refractivity contribution in [3.8, 4) is 11.5 Å². The van der Waals surface area contributed by atoms with E-state index in [1.54, 1.807) is 24.1 Å². The molecule has 2 amide bonds. The fourth-order valence-electron chi connectivity index (χ4n) is 3.72. The Labute approximate surface area is 163 Å². The van der Waals surface area contributed by atoms with Gasteiger partial charge in [0, 0.05) is 26.2 Å². The van der Waals surface area contributed by atoms with Crippen molar-refractivity contribution in [2.24, 2.45) is 0 Å². The number of halogens is 1. The Morgan fingerprint density at radius 3 is 2.71 bits per heavy atom. The zero-order valence-electron chi connectivity index (χ0n) is 15.9. The van der Waals surface area contributed by atoms with E-state index in [1.165, 1.54) is 6.07 Å². The summed E-state index contributed by atoms with van der Waals surface area (Å²) in [6.45, 7) is 2.77. The number of amides is 2. The van der Waals surface area contributed by atoms with Gasteiger partial charge in [0.05, 0.1) is 18.8 Å². The van der Waals surface area contributed by atoms with E-state index >= 15 is 0 Å². The minimum atomic E-state index is -0.228. The van der Waals surface area contributed by atoms with Crippen LogP contribution in [0.2, 0.25) is 0 Å². The van der Waals surface area contributed by atoms with Gasteiger partial charge in [0.2, 0.25) is 0 Å². The maximum Gasteiger partial charge on any atom is 0.317 e. The van der Waals surface area contributed by atoms with Crippen molar-refractivity contribution in [3.63, 3.8) is 0 Å². The van der Waals surface area contributed by atoms with Gasteiger partial charge in [-0.3, -0.25) is 0 Å². The molecule has 4 rings (SSSR count). The van der Waals surface area contributed by atoms with E-state index in [4.69, 9.17) is 9.47 Å². The molecule has 7 heteroatoms. The average molecular weight is 385 g/mol. The Morgan fingerprint density at radius 2 is 1.96 bits per heavy atom. The number of benzene rings is 2. The minimum Gasteiger partial charge on any atom is -0.497 e. The van der Waals surface area contributed by atoms with E-state index < -0.39 is 0 Å². The molecule has 0 aromatic heterocycles. The molecule has 0 bridgehead atoms. The molecule has 0 spiro atoms. The first kappa shape index (κ1) is 18.4. The third-order valence-electron chi connectivity index (χ3n) is 5.26. The minimum absolute atomic E-state index is 0.0864. The Balaban J connectivity index is 1.32. The number of urea groups is 1. The zero-order chi connectivity index (χ0) is 19.5. The van der Waals surface area contributed by atoms with Crippen LogP contribution in [-0.2, 0) is 6.42 Å². The second-order valence-electron chi connectivity index (χ2n) is 7.06. The van der Waals surface area contributed by atoms with Gasteiger partial charge in [-0.2, -0.15) is 0 Å². The van der Waals surface area contributed by atoms with Gasteiger partial charge in [0.25, 0.3) is 0 Å². The second-order valence-corrected chi connectivity index (χ2v) is 7.06. The first-order chi connectivity index (χ1) is 13.6. The molecule has 0 saturated carbocycles. The molecule has 2 aromatic carbocycles. The van der Waals surface area contributed by atoms with E-state index in [0.29, 0.717) is 44.9 Å². The number of fused-ring (bicyclic) bond motifs is 1. The van der Waals surface area contributed by atoms with Crippen LogP contribution in [0.1, 0.15) is 5.56 Å². The Morgan fingerprint density at radius 1 is 1.18 bits per heavy atom. The average Bonchev–Trinajstić information content (AvgIpc) is 2.73. The van der Waals surface area contributed by atoms with Crippen LogP contribution >= 0.6 is 0 Å². The largest absolute Gasteiger partial charge is 0.497 e. The SMILES string of the molecule is COc1ccc2c(c1)C[C@H](NC(=O)N1CCN(c3ccccc3F)CC1)CO2. The van der Waals surface area contributed by atoms with Crippen molar-refractivity contribution < 1.29 is 18.7 Å². The molecule has 2 aliphatic rings. The quantitative estimate of drug-likeness (QED) is 0.883. The summed E-state index contributed by atoms with van der Waals surface area (Å²) < 4.78 is 25.0. The van der Waals surface area contributed by atoms with Gasteiger partial charge in [-0.25, -0.2) is 9.18 Å². The topological polar surface area (TPSA) is 54.0 Å². The molecular formula is C21H24FN3O3. The van der Waals surface area contributed by atoms with Crippen molar-refractivity contribution in [2.75, 3.05) is 44.8 Å². The fourth-order valence-corrected chi connectivity index (χ4v) is 3.72. The van der Waals surface area contributed by atoms with E-state index in [1.807, 2.05) is 29.2 Å². The summed E-state index contributed by atoms with van der Waals surface area (Å²) in [6.07, 6.45) is 0.702. The number of ether oxygens (including phenoxy) is 2. The number of hydrogen-bond acceptors (Lipinski definition) is 4. The fraction of sp³-hybridized carbons (Fsp3) is 0.381. The summed E-state index contributed by atoms with van der Waals surface area (Å²) in [7, 11) is 1.63. The maximum atomic E-state index is 14.0. The lowest BCUT2D eigenvalue weighted by molar-refractivity contribution is 0.178. The van der Waals surface area contributed by atoms with Crippen LogP contribution in [-0.4, -0.2) is 56.9 Å². The summed E-state index contributed by atoms with van der Waals surface area (Å²) in [6, 6.07) is 12.3. The molecule has 6 nitrogen and oxygen atoms in total. The van der Waals surface area contributed by atoms with Crippen molar-refractivity contribution in [1.29, 1.82) is 0 Å². The summed E-state index contributed by atoms with van der Waals surface area (Å²) >= 11 is 0. The number of carbonyl (C=O) groups is 1. The Kier molecular flexibility index (Phi) is 5.23. The molecule has 148 valence electrons. The smallest absolute Gasteiger partial charge is 0.317 e. The second kappa shape index (κ2) is 7.96. The van der Waals surface area contributed by atoms with Crippen LogP contribution < -0.4 is 19.7 Å². The molecule has 0 aliphatic carbocycles. The normalized spacial score (nSPS) is 18.9. The Bertz CT molecular complexity index is 853. The van der Waals surface area contributed by atoms with E-state index in [9.17, 15) is 9.18 Å². The first-order valence-corrected chi connectivity index (χ1v) is 9.48. The van der Waals surface area contributed by atoms with Crippen LogP contribution in [0.5, 0.6) is 11.5 Å². The molecule has 0 radical (unpaired) electrons. The van der Waals surface area contributed by atoms with Crippen molar-refractivity contribution in [1.82, 2.24) is 10.2 Å². The zero-order valence-corrected chi connectivity index (χ0v) is 15.9. The molecule has 2 heterocycles. The molecule has 2 aromatic rings. The highest BCUT2D eigenvalue weighted by Gasteiger charge is 2.27. The Hall–Kier alpha value is -2.96. The standard InChI is InChI=1S/C21H24FN3O3/c1-27-17-6-7-20-15(13-17)12-16(14-28-20)23-21(26)25-10-8-24(9-11-25)19-5-3-2-4-18(19)22/h2-7,13,16H,8-12,14H2,1H3,(H,23,26)/t16-/m0/s1. The third kappa shape index (κ3) is 3.83. The highest BCUT2D eigenvalue weighted by Crippen LogP contribution is 2.28. The monoisotopic (exact) mass is 385 g/mol. The number of hydrogen-bond donors (Lipinski definition) is 1. The molecule has 1 atom stereocenters. The first-order valence-electron chi connectivity index (χ1n) is 9.48. The van der Waals surface area contributed by atoms with E-state index in [2.05, 4.69) is 5.32 Å². The number of carbonyl (C=O) groups excluding carboxylic acids is 1. The molecule has 2 aliphatic heterocycles. The lowest BCUT2D eigenvalue weighted by Crippen LogP contribution is -2.55. The van der Waals surface area contributed by atoms with Crippen molar-refractivity contribution in [2.45, 2.75) is 12.5 Å². The van der Waals surface area contributed by atoms with Gasteiger partial charge in [0.1, 0.15) is 23.9 Å². The summed E-state index contributed by atoms with van der Waals surface area (Å²) in [5.41, 5.74) is 1.62. The lowest BCUT2D eigenvalue weighted by atomic mass is 10.0. The molecular weight excluding hydrogens is 361 g/mol. The maximum absolute atomic E-state index is 14.0. The van der Waals surface area contributed by atoms with Crippen molar-refractivity contribution in [3.05, 3.63) is 53.8 Å². The third-order valence-corrected chi connectivity index (χ3v) is 5.26. The number of nitrogens with one attached hydrogen (secondary N) is 1. The highest BCUT2D eigenvalue weighted by atomic mass is 19.1. The van der Waals surface area contributed by atoms with Crippen LogP contribution in [0, 0.1) is 5.82 Å². The summed E-state index contributed by atoms with van der Waals surface area (Å²) in [4.78, 5) is 16.4. The van der Waals surface area contributed by atoms with Crippen LogP contribution in [0.3, 0.4) is 0 Å². The highest BCUT2D eigenvalue weighted by molar-refractivity contribution is 5.75. The number of nitrogens with zero attached hydrogens (tertiary/aromatic N) is 2. The van der Waals surface area contributed by atoms with Crippen molar-refractivity contribution >= 4 is 11.7 Å². The summed E-state index contributed by atoms with van der Waals surface area (Å²) in [5.74, 6) is 1.39. The van der Waals surface area contributed by atoms with Gasteiger partial charge < -0.3 is 24.6 Å². The van der Waals surface area contributed by atoms with Gasteiger partial charge in [-0.1, -0.05) is 12.1 Å². The predicted molar refractivity (Wildman–Crippen MR) is 105 cm³/mol.